The fourth-order valence-electron chi connectivity index (χ4n) is 2.05. The van der Waals surface area contributed by atoms with Gasteiger partial charge in [0.2, 0.25) is 0 Å². The molecule has 0 aromatic rings. The van der Waals surface area contributed by atoms with Crippen molar-refractivity contribution in [3.05, 3.63) is 0 Å². The summed E-state index contributed by atoms with van der Waals surface area (Å²) in [5, 5.41) is 51.6. The van der Waals surface area contributed by atoms with Crippen LogP contribution in [0.3, 0.4) is 0 Å². The number of carbonyl (C=O) groups is 1. The second kappa shape index (κ2) is 7.13. The van der Waals surface area contributed by atoms with E-state index < -0.39 is 42.7 Å². The zero-order valence-electron chi connectivity index (χ0n) is 10.6. The van der Waals surface area contributed by atoms with Crippen LogP contribution in [0.4, 0.5) is 0 Å². The molecule has 0 aromatic carbocycles. The molecule has 1 aliphatic carbocycles. The fraction of sp³-hybridized carbons (Fsp3) is 0.909. The summed E-state index contributed by atoms with van der Waals surface area (Å²) >= 11 is 0. The van der Waals surface area contributed by atoms with Gasteiger partial charge in [0.05, 0.1) is 12.2 Å². The Kier molecular flexibility index (Phi) is 6.11. The molecule has 8 nitrogen and oxygen atoms in total. The molecular weight excluding hydrogens is 256 g/mol. The molecule has 2 fully saturated rings. The molecule has 1 aliphatic heterocycles. The molecule has 0 amide bonds. The average molecular weight is 278 g/mol. The van der Waals surface area contributed by atoms with Crippen molar-refractivity contribution in [2.24, 2.45) is 0 Å². The van der Waals surface area contributed by atoms with Crippen LogP contribution in [0.15, 0.2) is 0 Å². The van der Waals surface area contributed by atoms with E-state index in [-0.39, 0.29) is 0 Å². The van der Waals surface area contributed by atoms with E-state index in [0.717, 1.165) is 26.2 Å². The quantitative estimate of drug-likeness (QED) is 0.267. The van der Waals surface area contributed by atoms with Crippen LogP contribution < -0.4 is 10.6 Å². The highest BCUT2D eigenvalue weighted by atomic mass is 16.4. The topological polar surface area (TPSA) is 142 Å². The maximum absolute atomic E-state index is 10.5. The number of carboxylic acid groups (broad SMARTS) is 1. The maximum Gasteiger partial charge on any atom is 0.335 e. The Balaban J connectivity index is 0.000000250. The predicted molar refractivity (Wildman–Crippen MR) is 65.6 cm³/mol. The molecule has 8 heteroatoms. The second-order valence-corrected chi connectivity index (χ2v) is 4.87. The summed E-state index contributed by atoms with van der Waals surface area (Å²) in [4.78, 5) is 10.5. The zero-order valence-corrected chi connectivity index (χ0v) is 10.6. The van der Waals surface area contributed by atoms with Crippen LogP contribution in [0, 0.1) is 0 Å². The molecule has 2 rings (SSSR count). The first-order valence-corrected chi connectivity index (χ1v) is 6.28. The molecular formula is C11H22N2O6. The minimum Gasteiger partial charge on any atom is -0.479 e. The molecule has 1 heterocycles. The second-order valence-electron chi connectivity index (χ2n) is 4.87. The van der Waals surface area contributed by atoms with Crippen LogP contribution in [-0.4, -0.2) is 81.6 Å². The summed E-state index contributed by atoms with van der Waals surface area (Å²) in [7, 11) is 0. The first kappa shape index (κ1) is 16.3. The molecule has 0 unspecified atom stereocenters. The van der Waals surface area contributed by atoms with Crippen molar-refractivity contribution < 1.29 is 30.3 Å². The van der Waals surface area contributed by atoms with Gasteiger partial charge < -0.3 is 36.2 Å². The van der Waals surface area contributed by atoms with Gasteiger partial charge in [-0.25, -0.2) is 4.79 Å². The van der Waals surface area contributed by atoms with Gasteiger partial charge in [-0.1, -0.05) is 0 Å². The lowest BCUT2D eigenvalue weighted by atomic mass is 9.80. The Morgan fingerprint density at radius 1 is 0.947 bits per heavy atom. The first-order valence-electron chi connectivity index (χ1n) is 6.28. The van der Waals surface area contributed by atoms with E-state index in [1.165, 1.54) is 0 Å². The Labute approximate surface area is 111 Å². The fourth-order valence-corrected chi connectivity index (χ4v) is 2.05. The monoisotopic (exact) mass is 278 g/mol. The molecule has 0 radical (unpaired) electrons. The molecule has 2 aliphatic rings. The van der Waals surface area contributed by atoms with Gasteiger partial charge in [0, 0.05) is 39.0 Å². The maximum atomic E-state index is 10.5. The summed E-state index contributed by atoms with van der Waals surface area (Å²) in [5.74, 6) is -1.50. The molecule has 1 saturated heterocycles. The van der Waals surface area contributed by atoms with Crippen molar-refractivity contribution in [2.45, 2.75) is 36.8 Å². The summed E-state index contributed by atoms with van der Waals surface area (Å²) in [6.07, 6.45) is -5.16. The third kappa shape index (κ3) is 4.68. The zero-order chi connectivity index (χ0) is 14.5. The van der Waals surface area contributed by atoms with Crippen LogP contribution in [-0.2, 0) is 4.79 Å². The number of hydrogen-bond acceptors (Lipinski definition) is 7. The van der Waals surface area contributed by atoms with E-state index in [0.29, 0.717) is 0 Å². The van der Waals surface area contributed by atoms with Gasteiger partial charge in [-0.2, -0.15) is 0 Å². The Morgan fingerprint density at radius 3 is 1.58 bits per heavy atom. The van der Waals surface area contributed by atoms with Crippen LogP contribution in [0.2, 0.25) is 0 Å². The number of hydrogen-bond donors (Lipinski definition) is 7. The molecule has 2 atom stereocenters. The molecule has 7 N–H and O–H groups in total. The van der Waals surface area contributed by atoms with Gasteiger partial charge in [-0.3, -0.25) is 0 Å². The molecule has 0 spiro atoms. The average Bonchev–Trinajstić information content (AvgIpc) is 2.38. The smallest absolute Gasteiger partial charge is 0.335 e. The molecule has 19 heavy (non-hydrogen) atoms. The predicted octanol–water partition coefficient (Wildman–Crippen LogP) is -3.14. The Hall–Kier alpha value is -0.770. The van der Waals surface area contributed by atoms with Gasteiger partial charge in [0.15, 0.2) is 5.60 Å². The van der Waals surface area contributed by atoms with E-state index >= 15 is 0 Å². The van der Waals surface area contributed by atoms with E-state index in [2.05, 4.69) is 10.6 Å². The molecule has 0 bridgehead atoms. The van der Waals surface area contributed by atoms with Crippen LogP contribution in [0.1, 0.15) is 12.8 Å². The highest BCUT2D eigenvalue weighted by Crippen LogP contribution is 2.29. The van der Waals surface area contributed by atoms with E-state index in [1.54, 1.807) is 0 Å². The van der Waals surface area contributed by atoms with E-state index in [4.69, 9.17) is 20.4 Å². The lowest BCUT2D eigenvalue weighted by molar-refractivity contribution is -0.187. The summed E-state index contributed by atoms with van der Waals surface area (Å²) in [6, 6.07) is 0. The molecule has 1 saturated carbocycles. The van der Waals surface area contributed by atoms with Crippen molar-refractivity contribution in [1.29, 1.82) is 0 Å². The largest absolute Gasteiger partial charge is 0.479 e. The Morgan fingerprint density at radius 2 is 1.32 bits per heavy atom. The number of rotatable bonds is 1. The summed E-state index contributed by atoms with van der Waals surface area (Å²) < 4.78 is 0. The third-order valence-corrected chi connectivity index (χ3v) is 3.24. The van der Waals surface area contributed by atoms with Crippen molar-refractivity contribution >= 4 is 5.97 Å². The number of aliphatic hydroxyl groups excluding tert-OH is 3. The van der Waals surface area contributed by atoms with Gasteiger partial charge in [-0.15, -0.1) is 0 Å². The van der Waals surface area contributed by atoms with Gasteiger partial charge in [-0.05, 0) is 0 Å². The summed E-state index contributed by atoms with van der Waals surface area (Å²) in [5.41, 5.74) is -2.14. The summed E-state index contributed by atoms with van der Waals surface area (Å²) in [6.45, 7) is 4.56. The highest BCUT2D eigenvalue weighted by Gasteiger charge is 2.48. The minimum atomic E-state index is -2.14. The van der Waals surface area contributed by atoms with Gasteiger partial charge >= 0.3 is 5.97 Å². The highest BCUT2D eigenvalue weighted by molar-refractivity contribution is 5.77. The molecule has 0 aromatic heterocycles. The van der Waals surface area contributed by atoms with Crippen molar-refractivity contribution in [2.75, 3.05) is 26.2 Å². The van der Waals surface area contributed by atoms with Crippen molar-refractivity contribution in [1.82, 2.24) is 10.6 Å². The number of carboxylic acids is 1. The molecule has 112 valence electrons. The van der Waals surface area contributed by atoms with Crippen LogP contribution >= 0.6 is 0 Å². The minimum absolute atomic E-state index is 0.472. The van der Waals surface area contributed by atoms with E-state index in [1.807, 2.05) is 0 Å². The Bertz CT molecular complexity index is 273. The van der Waals surface area contributed by atoms with Gasteiger partial charge in [0.25, 0.3) is 0 Å². The number of aliphatic carboxylic acids is 1. The third-order valence-electron chi connectivity index (χ3n) is 3.24. The van der Waals surface area contributed by atoms with Crippen molar-refractivity contribution in [3.8, 4) is 0 Å². The first-order chi connectivity index (χ1) is 8.87. The van der Waals surface area contributed by atoms with E-state index in [9.17, 15) is 9.90 Å². The van der Waals surface area contributed by atoms with Crippen LogP contribution in [0.5, 0.6) is 0 Å². The number of piperazine rings is 1. The standard InChI is InChI=1S/C7H12O6.C4H10N2/c8-3-1-7(13,6(11)12)2-4(9)5(3)10;1-2-6-4-3-5-1/h3-5,8-10,13H,1-2H2,(H,11,12);5-6H,1-4H2/t3-,4-,5?,7?;/m1./s1. The number of nitrogens with one attached hydrogen (secondary N) is 2. The lowest BCUT2D eigenvalue weighted by Crippen LogP contribution is -2.56. The SMILES string of the molecule is C1CNCCN1.O=C(O)C1(O)C[C@@H](O)C(O)[C@H](O)C1. The number of aliphatic hydroxyl groups is 4. The van der Waals surface area contributed by atoms with Crippen LogP contribution in [0.25, 0.3) is 0 Å². The van der Waals surface area contributed by atoms with Gasteiger partial charge in [0.1, 0.15) is 6.10 Å². The lowest BCUT2D eigenvalue weighted by Gasteiger charge is -2.37. The normalized spacial score (nSPS) is 39.1. The van der Waals surface area contributed by atoms with Crippen molar-refractivity contribution in [3.63, 3.8) is 0 Å².